The molecular weight excluding hydrogens is 568 g/mol. The van der Waals surface area contributed by atoms with Crippen molar-refractivity contribution in [3.8, 4) is 11.3 Å². The van der Waals surface area contributed by atoms with Crippen LogP contribution in [0.15, 0.2) is 36.7 Å². The highest BCUT2D eigenvalue weighted by atomic mass is 19.4. The zero-order valence-corrected chi connectivity index (χ0v) is 23.4. The lowest BCUT2D eigenvalue weighted by Gasteiger charge is -2.31. The van der Waals surface area contributed by atoms with Crippen molar-refractivity contribution < 1.29 is 40.7 Å². The Morgan fingerprint density at radius 3 is 2.38 bits per heavy atom. The summed E-state index contributed by atoms with van der Waals surface area (Å²) in [6, 6.07) is 2.99. The molecule has 0 saturated heterocycles. The van der Waals surface area contributed by atoms with Gasteiger partial charge in [0.15, 0.2) is 11.6 Å². The molecule has 2 aromatic heterocycles. The van der Waals surface area contributed by atoms with Crippen molar-refractivity contribution >= 4 is 12.0 Å². The lowest BCUT2D eigenvalue weighted by Crippen LogP contribution is -2.45. The number of amides is 2. The van der Waals surface area contributed by atoms with Gasteiger partial charge in [0.1, 0.15) is 5.82 Å². The highest BCUT2D eigenvalue weighted by Gasteiger charge is 2.41. The topological polar surface area (TPSA) is 89.4 Å². The number of halogens is 6. The van der Waals surface area contributed by atoms with Gasteiger partial charge < -0.3 is 19.5 Å². The van der Waals surface area contributed by atoms with Crippen molar-refractivity contribution in [3.63, 3.8) is 0 Å². The summed E-state index contributed by atoms with van der Waals surface area (Å²) in [6.45, 7) is 6.64. The normalized spacial score (nSPS) is 13.6. The van der Waals surface area contributed by atoms with E-state index in [-0.39, 0.29) is 43.0 Å². The second kappa shape index (κ2) is 13.7. The van der Waals surface area contributed by atoms with Crippen LogP contribution in [0.1, 0.15) is 51.2 Å². The van der Waals surface area contributed by atoms with Gasteiger partial charge in [-0.05, 0) is 44.0 Å². The lowest BCUT2D eigenvalue weighted by molar-refractivity contribution is -0.148. The summed E-state index contributed by atoms with van der Waals surface area (Å²) in [4.78, 5) is 34.6. The molecule has 0 saturated carbocycles. The van der Waals surface area contributed by atoms with Gasteiger partial charge in [0.25, 0.3) is 0 Å². The van der Waals surface area contributed by atoms with E-state index in [0.717, 1.165) is 4.57 Å². The van der Waals surface area contributed by atoms with Crippen LogP contribution in [0, 0.1) is 17.5 Å². The van der Waals surface area contributed by atoms with Crippen LogP contribution in [0.3, 0.4) is 0 Å². The summed E-state index contributed by atoms with van der Waals surface area (Å²) < 4.78 is 88.8. The van der Waals surface area contributed by atoms with Crippen molar-refractivity contribution in [2.24, 2.45) is 0 Å². The average Bonchev–Trinajstić information content (AvgIpc) is 3.32. The zero-order valence-electron chi connectivity index (χ0n) is 23.4. The number of carbonyl (C=O) groups is 2. The van der Waals surface area contributed by atoms with Crippen molar-refractivity contribution in [2.75, 3.05) is 6.54 Å². The number of nitrogens with one attached hydrogen (secondary N) is 1. The van der Waals surface area contributed by atoms with Gasteiger partial charge in [-0.3, -0.25) is 9.78 Å². The molecular formula is C28H31F6N5O3. The summed E-state index contributed by atoms with van der Waals surface area (Å²) in [7, 11) is 0. The van der Waals surface area contributed by atoms with Crippen LogP contribution in [-0.2, 0) is 35.2 Å². The summed E-state index contributed by atoms with van der Waals surface area (Å²) in [5, 5.41) is 2.44. The van der Waals surface area contributed by atoms with E-state index in [1.807, 2.05) is 13.8 Å². The number of carbonyl (C=O) groups excluding carboxylic acids is 2. The largest absolute Gasteiger partial charge is 0.449 e. The molecule has 1 unspecified atom stereocenters. The highest BCUT2D eigenvalue weighted by molar-refractivity contribution is 5.78. The molecule has 2 amide bonds. The molecule has 0 spiro atoms. The Balaban J connectivity index is 0.00000237. The van der Waals surface area contributed by atoms with Gasteiger partial charge >= 0.3 is 12.3 Å². The minimum absolute atomic E-state index is 0.0250. The first-order valence-corrected chi connectivity index (χ1v) is 13.3. The maximum Gasteiger partial charge on any atom is 0.449 e. The van der Waals surface area contributed by atoms with E-state index < -0.39 is 60.0 Å². The minimum Gasteiger partial charge on any atom is -0.447 e. The second-order valence-electron chi connectivity index (χ2n) is 9.50. The third-order valence-corrected chi connectivity index (χ3v) is 6.19. The summed E-state index contributed by atoms with van der Waals surface area (Å²) in [5.41, 5.74) is 0.222. The van der Waals surface area contributed by atoms with Gasteiger partial charge in [0.2, 0.25) is 11.7 Å². The molecule has 0 fully saturated rings. The van der Waals surface area contributed by atoms with Crippen molar-refractivity contribution in [1.82, 2.24) is 24.8 Å². The average molecular weight is 600 g/mol. The third kappa shape index (κ3) is 7.79. The molecule has 1 aliphatic heterocycles. The molecule has 228 valence electrons. The maximum atomic E-state index is 14.3. The number of hydrogen-bond acceptors (Lipinski definition) is 5. The predicted molar refractivity (Wildman–Crippen MR) is 140 cm³/mol. The Morgan fingerprint density at radius 1 is 1.07 bits per heavy atom. The molecule has 0 radical (unpaired) electrons. The van der Waals surface area contributed by atoms with Crippen LogP contribution in [-0.4, -0.2) is 50.1 Å². The number of alkyl halides is 3. The van der Waals surface area contributed by atoms with Gasteiger partial charge in [-0.15, -0.1) is 0 Å². The number of hydrogen-bond donors (Lipinski definition) is 1. The first-order chi connectivity index (χ1) is 19.8. The monoisotopic (exact) mass is 599 g/mol. The molecule has 0 aliphatic carbocycles. The van der Waals surface area contributed by atoms with Crippen LogP contribution in [0.5, 0.6) is 0 Å². The van der Waals surface area contributed by atoms with E-state index in [9.17, 15) is 35.9 Å². The number of benzene rings is 1. The first-order valence-electron chi connectivity index (χ1n) is 13.3. The van der Waals surface area contributed by atoms with Crippen molar-refractivity contribution in [1.29, 1.82) is 0 Å². The predicted octanol–water partition coefficient (Wildman–Crippen LogP) is 5.89. The first kappa shape index (κ1) is 32.4. The number of alkyl carbamates (subject to hydrolysis) is 1. The molecule has 42 heavy (non-hydrogen) atoms. The van der Waals surface area contributed by atoms with Crippen LogP contribution < -0.4 is 5.32 Å². The fourth-order valence-corrected chi connectivity index (χ4v) is 4.45. The number of pyridine rings is 1. The van der Waals surface area contributed by atoms with E-state index in [0.29, 0.717) is 17.7 Å². The summed E-state index contributed by atoms with van der Waals surface area (Å²) in [5.74, 6) is -5.44. The van der Waals surface area contributed by atoms with E-state index in [1.54, 1.807) is 26.0 Å². The third-order valence-electron chi connectivity index (χ3n) is 6.19. The summed E-state index contributed by atoms with van der Waals surface area (Å²) >= 11 is 0. The second-order valence-corrected chi connectivity index (χ2v) is 9.50. The molecule has 1 aliphatic rings. The van der Waals surface area contributed by atoms with Crippen LogP contribution in [0.25, 0.3) is 11.3 Å². The molecule has 4 rings (SSSR count). The van der Waals surface area contributed by atoms with Gasteiger partial charge in [0, 0.05) is 49.6 Å². The Labute approximate surface area is 238 Å². The Bertz CT molecular complexity index is 1390. The number of rotatable bonds is 7. The van der Waals surface area contributed by atoms with Crippen molar-refractivity contribution in [2.45, 2.75) is 71.9 Å². The number of ether oxygens (including phenoxy) is 1. The molecule has 3 aromatic rings. The number of fused-ring (bicyclic) bond motifs is 1. The Kier molecular flexibility index (Phi) is 10.6. The molecule has 1 aromatic carbocycles. The smallest absolute Gasteiger partial charge is 0.447 e. The van der Waals surface area contributed by atoms with E-state index in [1.165, 1.54) is 17.3 Å². The summed E-state index contributed by atoms with van der Waals surface area (Å²) in [6.07, 6.45) is -4.16. The fraction of sp³-hybridized carbons (Fsp3) is 0.429. The number of nitrogens with zero attached hydrogens (tertiary/aromatic N) is 4. The number of imidazole rings is 1. The van der Waals surface area contributed by atoms with E-state index in [2.05, 4.69) is 15.3 Å². The zero-order chi connectivity index (χ0) is 31.2. The fourth-order valence-electron chi connectivity index (χ4n) is 4.45. The quantitative estimate of drug-likeness (QED) is 0.271. The highest BCUT2D eigenvalue weighted by Crippen LogP contribution is 2.35. The van der Waals surface area contributed by atoms with Gasteiger partial charge in [-0.1, -0.05) is 13.8 Å². The van der Waals surface area contributed by atoms with Gasteiger partial charge in [0.05, 0.1) is 24.0 Å². The molecule has 1 atom stereocenters. The van der Waals surface area contributed by atoms with E-state index >= 15 is 0 Å². The lowest BCUT2D eigenvalue weighted by atomic mass is 10.0. The SMILES string of the molecule is CC.CC(C)OC(=O)NC(CC(=O)N1CCn2c(C(F)(F)F)nc(-c3cccnc3)c2C1)Cc1cc(F)c(F)cc1F. The molecule has 14 heteroatoms. The van der Waals surface area contributed by atoms with Crippen LogP contribution in [0.4, 0.5) is 31.1 Å². The molecule has 8 nitrogen and oxygen atoms in total. The molecule has 1 N–H and O–H groups in total. The molecule has 3 heterocycles. The minimum atomic E-state index is -4.73. The number of aromatic nitrogens is 3. The van der Waals surface area contributed by atoms with Gasteiger partial charge in [-0.25, -0.2) is 22.9 Å². The van der Waals surface area contributed by atoms with Crippen LogP contribution >= 0.6 is 0 Å². The van der Waals surface area contributed by atoms with Crippen LogP contribution in [0.2, 0.25) is 0 Å². The van der Waals surface area contributed by atoms with Gasteiger partial charge in [-0.2, -0.15) is 13.2 Å². The maximum absolute atomic E-state index is 14.3. The Morgan fingerprint density at radius 2 is 1.76 bits per heavy atom. The van der Waals surface area contributed by atoms with E-state index in [4.69, 9.17) is 4.74 Å². The van der Waals surface area contributed by atoms with Crippen molar-refractivity contribution in [3.05, 3.63) is 71.2 Å². The molecule has 0 bridgehead atoms. The Hall–Kier alpha value is -4.10. The standard InChI is InChI=1S/C26H25F6N5O3.C2H6/c1-14(2)40-25(39)34-17(8-16-9-19(28)20(29)11-18(16)27)10-22(38)36-6-7-37-21(13-36)23(15-4-3-5-33-12-15)35-24(37)26(30,31)32;1-2/h3-5,9,11-12,14,17H,6-8,10,13H2,1-2H3,(H,34,39);1-2H3.